The fourth-order valence-corrected chi connectivity index (χ4v) is 3.44. The van der Waals surface area contributed by atoms with Gasteiger partial charge in [0.1, 0.15) is 0 Å². The van der Waals surface area contributed by atoms with E-state index in [9.17, 15) is 9.90 Å². The molecular weight excluding hydrogens is 292 g/mol. The van der Waals surface area contributed by atoms with Crippen LogP contribution < -0.4 is 0 Å². The van der Waals surface area contributed by atoms with Crippen molar-refractivity contribution in [2.75, 3.05) is 52.5 Å². The van der Waals surface area contributed by atoms with E-state index in [0.717, 1.165) is 58.7 Å². The Labute approximate surface area is 140 Å². The van der Waals surface area contributed by atoms with Crippen LogP contribution in [0.4, 0.5) is 0 Å². The molecule has 2 fully saturated rings. The van der Waals surface area contributed by atoms with Gasteiger partial charge in [0.2, 0.25) is 5.91 Å². The zero-order valence-electron chi connectivity index (χ0n) is 14.7. The second-order valence-corrected chi connectivity index (χ2v) is 7.27. The quantitative estimate of drug-likeness (QED) is 0.755. The molecule has 2 aliphatic rings. The van der Waals surface area contributed by atoms with Gasteiger partial charge in [-0.25, -0.2) is 0 Å². The summed E-state index contributed by atoms with van der Waals surface area (Å²) in [6.07, 6.45) is 5.61. The molecule has 132 valence electrons. The number of nitrogens with zero attached hydrogens (tertiary/aromatic N) is 2. The number of aliphatic hydroxyl groups excluding tert-OH is 1. The van der Waals surface area contributed by atoms with Crippen molar-refractivity contribution in [2.45, 2.75) is 39.5 Å². The first-order valence-electron chi connectivity index (χ1n) is 8.87. The Morgan fingerprint density at radius 1 is 1.26 bits per heavy atom. The average molecular weight is 324 g/mol. The van der Waals surface area contributed by atoms with Gasteiger partial charge in [0.15, 0.2) is 0 Å². The molecule has 0 spiro atoms. The van der Waals surface area contributed by atoms with Crippen molar-refractivity contribution in [1.82, 2.24) is 9.80 Å². The molecule has 1 atom stereocenters. The van der Waals surface area contributed by atoms with Crippen LogP contribution in [0.5, 0.6) is 0 Å². The van der Waals surface area contributed by atoms with Crippen LogP contribution in [0.3, 0.4) is 0 Å². The molecule has 23 heavy (non-hydrogen) atoms. The highest BCUT2D eigenvalue weighted by Gasteiger charge is 2.35. The molecule has 5 nitrogen and oxygen atoms in total. The number of piperidine rings is 1. The highest BCUT2D eigenvalue weighted by Crippen LogP contribution is 2.34. The average Bonchev–Trinajstić information content (AvgIpc) is 2.59. The van der Waals surface area contributed by atoms with E-state index in [0.29, 0.717) is 13.0 Å². The van der Waals surface area contributed by atoms with Crippen LogP contribution >= 0.6 is 0 Å². The SMILES string of the molecule is CC(C)=CCC1(CO)CCCN(C(=O)CCN2CCOCC2)C1. The maximum Gasteiger partial charge on any atom is 0.223 e. The second kappa shape index (κ2) is 8.81. The Morgan fingerprint density at radius 3 is 2.65 bits per heavy atom. The van der Waals surface area contributed by atoms with Crippen molar-refractivity contribution >= 4 is 5.91 Å². The lowest BCUT2D eigenvalue weighted by atomic mass is 9.77. The number of amides is 1. The summed E-state index contributed by atoms with van der Waals surface area (Å²) in [4.78, 5) is 16.8. The summed E-state index contributed by atoms with van der Waals surface area (Å²) >= 11 is 0. The number of ether oxygens (including phenoxy) is 1. The van der Waals surface area contributed by atoms with Crippen molar-refractivity contribution in [3.05, 3.63) is 11.6 Å². The number of carbonyl (C=O) groups excluding carboxylic acids is 1. The van der Waals surface area contributed by atoms with Gasteiger partial charge in [-0.05, 0) is 33.1 Å². The maximum atomic E-state index is 12.6. The monoisotopic (exact) mass is 324 g/mol. The standard InChI is InChI=1S/C18H32N2O3/c1-16(2)4-7-18(15-21)6-3-8-20(14-18)17(22)5-9-19-10-12-23-13-11-19/h4,21H,3,5-15H2,1-2H3. The van der Waals surface area contributed by atoms with Crippen LogP contribution in [0, 0.1) is 5.41 Å². The molecule has 0 aromatic heterocycles. The number of allylic oxidation sites excluding steroid dienone is 2. The fraction of sp³-hybridized carbons (Fsp3) is 0.833. The molecule has 0 saturated carbocycles. The number of morpholine rings is 1. The molecule has 0 radical (unpaired) electrons. The van der Waals surface area contributed by atoms with Crippen LogP contribution in [0.1, 0.15) is 39.5 Å². The van der Waals surface area contributed by atoms with Gasteiger partial charge in [-0.2, -0.15) is 0 Å². The molecular formula is C18H32N2O3. The van der Waals surface area contributed by atoms with Crippen molar-refractivity contribution in [2.24, 2.45) is 5.41 Å². The van der Waals surface area contributed by atoms with Crippen molar-refractivity contribution < 1.29 is 14.6 Å². The molecule has 0 aliphatic carbocycles. The van der Waals surface area contributed by atoms with E-state index in [1.807, 2.05) is 4.90 Å². The van der Waals surface area contributed by atoms with Crippen LogP contribution in [-0.2, 0) is 9.53 Å². The second-order valence-electron chi connectivity index (χ2n) is 7.27. The molecule has 0 aromatic carbocycles. The highest BCUT2D eigenvalue weighted by molar-refractivity contribution is 5.76. The molecule has 0 aromatic rings. The van der Waals surface area contributed by atoms with E-state index in [2.05, 4.69) is 24.8 Å². The normalized spacial score (nSPS) is 26.1. The molecule has 1 amide bonds. The fourth-order valence-electron chi connectivity index (χ4n) is 3.44. The third kappa shape index (κ3) is 5.59. The molecule has 2 heterocycles. The van der Waals surface area contributed by atoms with Gasteiger partial charge in [-0.1, -0.05) is 11.6 Å². The largest absolute Gasteiger partial charge is 0.396 e. The minimum absolute atomic E-state index is 0.149. The topological polar surface area (TPSA) is 53.0 Å². The van der Waals surface area contributed by atoms with Gasteiger partial charge in [-0.15, -0.1) is 0 Å². The zero-order chi connectivity index (χ0) is 16.7. The smallest absolute Gasteiger partial charge is 0.223 e. The van der Waals surface area contributed by atoms with E-state index in [1.54, 1.807) is 0 Å². The summed E-state index contributed by atoms with van der Waals surface area (Å²) in [5.41, 5.74) is 1.12. The van der Waals surface area contributed by atoms with E-state index in [4.69, 9.17) is 4.74 Å². The number of carbonyl (C=O) groups is 1. The van der Waals surface area contributed by atoms with Gasteiger partial charge in [-0.3, -0.25) is 9.69 Å². The molecule has 5 heteroatoms. The Kier molecular flexibility index (Phi) is 7.06. The minimum Gasteiger partial charge on any atom is -0.396 e. The van der Waals surface area contributed by atoms with E-state index < -0.39 is 0 Å². The summed E-state index contributed by atoms with van der Waals surface area (Å²) in [6.45, 7) is 10.1. The summed E-state index contributed by atoms with van der Waals surface area (Å²) in [5.74, 6) is 0.228. The Morgan fingerprint density at radius 2 is 2.00 bits per heavy atom. The van der Waals surface area contributed by atoms with Gasteiger partial charge < -0.3 is 14.7 Å². The first-order chi connectivity index (χ1) is 11.0. The molecule has 2 aliphatic heterocycles. The third-order valence-corrected chi connectivity index (χ3v) is 5.04. The molecule has 2 saturated heterocycles. The first-order valence-corrected chi connectivity index (χ1v) is 8.87. The molecule has 1 unspecified atom stereocenters. The first kappa shape index (κ1) is 18.4. The van der Waals surface area contributed by atoms with Crippen molar-refractivity contribution in [3.63, 3.8) is 0 Å². The third-order valence-electron chi connectivity index (χ3n) is 5.04. The number of hydrogen-bond donors (Lipinski definition) is 1. The predicted molar refractivity (Wildman–Crippen MR) is 91.3 cm³/mol. The highest BCUT2D eigenvalue weighted by atomic mass is 16.5. The maximum absolute atomic E-state index is 12.6. The Bertz CT molecular complexity index is 414. The Hall–Kier alpha value is -0.910. The van der Waals surface area contributed by atoms with E-state index >= 15 is 0 Å². The van der Waals surface area contributed by atoms with Crippen molar-refractivity contribution in [3.8, 4) is 0 Å². The number of aliphatic hydroxyl groups is 1. The van der Waals surface area contributed by atoms with Gasteiger partial charge in [0.05, 0.1) is 19.8 Å². The van der Waals surface area contributed by atoms with E-state index in [-0.39, 0.29) is 17.9 Å². The van der Waals surface area contributed by atoms with Crippen LogP contribution in [0.2, 0.25) is 0 Å². The summed E-state index contributed by atoms with van der Waals surface area (Å²) < 4.78 is 5.34. The van der Waals surface area contributed by atoms with Crippen LogP contribution in [-0.4, -0.2) is 73.4 Å². The number of rotatable bonds is 6. The molecule has 1 N–H and O–H groups in total. The lowest BCUT2D eigenvalue weighted by molar-refractivity contribution is -0.136. The van der Waals surface area contributed by atoms with Crippen LogP contribution in [0.25, 0.3) is 0 Å². The summed E-state index contributed by atoms with van der Waals surface area (Å²) in [5, 5.41) is 9.90. The summed E-state index contributed by atoms with van der Waals surface area (Å²) in [7, 11) is 0. The zero-order valence-corrected chi connectivity index (χ0v) is 14.7. The number of hydrogen-bond acceptors (Lipinski definition) is 4. The minimum atomic E-state index is -0.149. The molecule has 2 rings (SSSR count). The number of likely N-dealkylation sites (tertiary alicyclic amines) is 1. The molecule has 0 bridgehead atoms. The van der Waals surface area contributed by atoms with Crippen molar-refractivity contribution in [1.29, 1.82) is 0 Å². The summed E-state index contributed by atoms with van der Waals surface area (Å²) in [6, 6.07) is 0. The predicted octanol–water partition coefficient (Wildman–Crippen LogP) is 1.67. The lowest BCUT2D eigenvalue weighted by Gasteiger charge is -2.42. The van der Waals surface area contributed by atoms with Gasteiger partial charge >= 0.3 is 0 Å². The van der Waals surface area contributed by atoms with Gasteiger partial charge in [0, 0.05) is 44.6 Å². The Balaban J connectivity index is 1.85. The van der Waals surface area contributed by atoms with E-state index in [1.165, 1.54) is 5.57 Å². The van der Waals surface area contributed by atoms with Crippen LogP contribution in [0.15, 0.2) is 11.6 Å². The lowest BCUT2D eigenvalue weighted by Crippen LogP contribution is -2.48. The van der Waals surface area contributed by atoms with Gasteiger partial charge in [0.25, 0.3) is 0 Å².